The molecule has 0 spiro atoms. The number of carbonyl (C=O) groups excluding carboxylic acids is 1. The van der Waals surface area contributed by atoms with E-state index in [0.717, 1.165) is 0 Å². The van der Waals surface area contributed by atoms with Crippen molar-refractivity contribution in [1.82, 2.24) is 0 Å². The van der Waals surface area contributed by atoms with Gasteiger partial charge in [0.1, 0.15) is 30.2 Å². The Kier molecular flexibility index (Phi) is 9.63. The van der Waals surface area contributed by atoms with Crippen LogP contribution in [0.15, 0.2) is 30.3 Å². The van der Waals surface area contributed by atoms with Gasteiger partial charge in [-0.25, -0.2) is 4.79 Å². The first-order valence-corrected chi connectivity index (χ1v) is 9.14. The first-order valence-electron chi connectivity index (χ1n) is 9.14. The van der Waals surface area contributed by atoms with Crippen molar-refractivity contribution in [3.8, 4) is 5.75 Å². The summed E-state index contributed by atoms with van der Waals surface area (Å²) < 4.78 is 20.7. The normalized spacial score (nSPS) is 40.5. The minimum atomic E-state index is -2.00. The number of rotatable bonds is 5. The van der Waals surface area contributed by atoms with Crippen molar-refractivity contribution in [2.24, 2.45) is 0 Å². The van der Waals surface area contributed by atoms with Crippen molar-refractivity contribution < 1.29 is 89.0 Å². The third-order valence-corrected chi connectivity index (χ3v) is 4.87. The molecule has 2 saturated heterocycles. The van der Waals surface area contributed by atoms with Crippen LogP contribution in [0.1, 0.15) is 0 Å². The van der Waals surface area contributed by atoms with Gasteiger partial charge in [-0.15, -0.1) is 0 Å². The number of aliphatic hydroxyl groups is 6. The van der Waals surface area contributed by atoms with Crippen LogP contribution in [0.4, 0.5) is 0 Å². The van der Waals surface area contributed by atoms with Crippen LogP contribution in [0.5, 0.6) is 5.75 Å². The van der Waals surface area contributed by atoms with E-state index in [4.69, 9.17) is 18.9 Å². The van der Waals surface area contributed by atoms with Crippen LogP contribution in [-0.4, -0.2) is 105 Å². The molecule has 0 radical (unpaired) electrons. The van der Waals surface area contributed by atoms with Crippen LogP contribution < -0.4 is 39.4 Å². The average molecular weight is 454 g/mol. The van der Waals surface area contributed by atoms with Gasteiger partial charge in [-0.2, -0.15) is 0 Å². The van der Waals surface area contributed by atoms with E-state index in [1.54, 1.807) is 18.2 Å². The van der Waals surface area contributed by atoms with Gasteiger partial charge in [-0.3, -0.25) is 0 Å². The summed E-state index contributed by atoms with van der Waals surface area (Å²) in [6.07, 6.45) is -18.0. The van der Waals surface area contributed by atoms with Crippen LogP contribution in [0.3, 0.4) is 0 Å². The molecule has 0 saturated carbocycles. The van der Waals surface area contributed by atoms with Crippen LogP contribution in [0, 0.1) is 0 Å². The van der Waals surface area contributed by atoms with Crippen LogP contribution in [-0.2, 0) is 19.0 Å². The third-order valence-electron chi connectivity index (χ3n) is 4.87. The molecule has 0 amide bonds. The smallest absolute Gasteiger partial charge is 0.847 e. The second-order valence-electron chi connectivity index (χ2n) is 6.93. The Labute approximate surface area is 198 Å². The standard InChI is InChI=1S/C18H23O12.Na/c19-6-8-9(20)11(22)15(18(28-8)27-7-4-2-1-3-5-7)30-17(26)14-12(23)10(21)13(24)16(25)29-14;/h1-5,8-16,18-21,23-25H,6H2;/q-1;+1/t8-,9-,10+,11+,12+,13-,14+,15-,16-,18+;/m1./s1. The minimum absolute atomic E-state index is 0. The molecule has 1 aromatic carbocycles. The van der Waals surface area contributed by atoms with Gasteiger partial charge in [-0.1, -0.05) is 24.3 Å². The molecule has 2 aliphatic rings. The van der Waals surface area contributed by atoms with Gasteiger partial charge in [0.25, 0.3) is 0 Å². The summed E-state index contributed by atoms with van der Waals surface area (Å²) in [5, 5.41) is 70.7. The van der Waals surface area contributed by atoms with E-state index in [2.05, 4.69) is 0 Å². The van der Waals surface area contributed by atoms with E-state index in [1.165, 1.54) is 12.1 Å². The van der Waals surface area contributed by atoms with Gasteiger partial charge in [0.2, 0.25) is 6.29 Å². The van der Waals surface area contributed by atoms with Crippen LogP contribution in [0.2, 0.25) is 0 Å². The van der Waals surface area contributed by atoms with E-state index < -0.39 is 74.0 Å². The van der Waals surface area contributed by atoms with Crippen molar-refractivity contribution in [2.75, 3.05) is 6.61 Å². The molecule has 0 bridgehead atoms. The predicted molar refractivity (Wildman–Crippen MR) is 91.4 cm³/mol. The van der Waals surface area contributed by atoms with Gasteiger partial charge in [-0.05, 0) is 12.1 Å². The zero-order valence-electron chi connectivity index (χ0n) is 16.5. The monoisotopic (exact) mass is 454 g/mol. The summed E-state index contributed by atoms with van der Waals surface area (Å²) in [5.41, 5.74) is 0. The maximum atomic E-state index is 12.6. The molecular weight excluding hydrogens is 431 g/mol. The molecule has 10 atom stereocenters. The SMILES string of the molecule is O=C(O[C@H]1[C@@H](Oc2ccccc2)O[C@H](CO)[C@@H](O)[C@@H]1[O-])[C@H]1O[C@@H](O)[C@H](O)[C@@H](O)[C@@H]1O.[Na+]. The predicted octanol–water partition coefficient (Wildman–Crippen LogP) is -7.41. The second-order valence-corrected chi connectivity index (χ2v) is 6.93. The topological polar surface area (TPSA) is 198 Å². The average Bonchev–Trinajstić information content (AvgIpc) is 2.74. The van der Waals surface area contributed by atoms with Crippen molar-refractivity contribution in [3.63, 3.8) is 0 Å². The Morgan fingerprint density at radius 3 is 2.23 bits per heavy atom. The van der Waals surface area contributed by atoms with Gasteiger partial charge >= 0.3 is 35.5 Å². The molecule has 0 aliphatic carbocycles. The molecule has 3 rings (SSSR count). The second kappa shape index (κ2) is 11.3. The van der Waals surface area contributed by atoms with E-state index in [9.17, 15) is 40.5 Å². The first kappa shape index (κ1) is 26.4. The summed E-state index contributed by atoms with van der Waals surface area (Å²) in [7, 11) is 0. The first-order chi connectivity index (χ1) is 14.2. The molecule has 12 nitrogen and oxygen atoms in total. The van der Waals surface area contributed by atoms with Crippen molar-refractivity contribution >= 4 is 5.97 Å². The molecule has 2 heterocycles. The third kappa shape index (κ3) is 5.74. The fraction of sp³-hybridized carbons (Fsp3) is 0.611. The Morgan fingerprint density at radius 1 is 0.968 bits per heavy atom. The molecule has 1 aromatic rings. The number of para-hydroxylation sites is 1. The van der Waals surface area contributed by atoms with Crippen LogP contribution >= 0.6 is 0 Å². The fourth-order valence-corrected chi connectivity index (χ4v) is 3.15. The summed E-state index contributed by atoms with van der Waals surface area (Å²) in [4.78, 5) is 12.5. The van der Waals surface area contributed by atoms with Crippen molar-refractivity contribution in [3.05, 3.63) is 30.3 Å². The number of ether oxygens (including phenoxy) is 4. The van der Waals surface area contributed by atoms with E-state index in [0.29, 0.717) is 0 Å². The Bertz CT molecular complexity index is 708. The maximum Gasteiger partial charge on any atom is 1.00 e. The number of hydrogen-bond acceptors (Lipinski definition) is 12. The van der Waals surface area contributed by atoms with Crippen LogP contribution in [0.25, 0.3) is 0 Å². The molecule has 31 heavy (non-hydrogen) atoms. The summed E-state index contributed by atoms with van der Waals surface area (Å²) in [6, 6.07) is 8.03. The number of carbonyl (C=O) groups is 1. The molecule has 2 aliphatic heterocycles. The molecule has 0 unspecified atom stereocenters. The summed E-state index contributed by atoms with van der Waals surface area (Å²) in [6.45, 7) is -0.698. The largest absolute Gasteiger partial charge is 1.00 e. The summed E-state index contributed by atoms with van der Waals surface area (Å²) >= 11 is 0. The molecule has 13 heteroatoms. The summed E-state index contributed by atoms with van der Waals surface area (Å²) in [5.74, 6) is -1.12. The molecule has 2 fully saturated rings. The molecule has 6 N–H and O–H groups in total. The Balaban J connectivity index is 0.00000341. The minimum Gasteiger partial charge on any atom is -0.847 e. The number of esters is 1. The van der Waals surface area contributed by atoms with Gasteiger partial charge in [0, 0.05) is 0 Å². The number of hydrogen-bond donors (Lipinski definition) is 6. The Morgan fingerprint density at radius 2 is 1.61 bits per heavy atom. The molecule has 168 valence electrons. The van der Waals surface area contributed by atoms with E-state index in [1.807, 2.05) is 0 Å². The van der Waals surface area contributed by atoms with Gasteiger partial charge in [0.15, 0.2) is 18.5 Å². The van der Waals surface area contributed by atoms with Crippen molar-refractivity contribution in [1.29, 1.82) is 0 Å². The maximum absolute atomic E-state index is 12.6. The molecular formula is C18H23NaO12. The van der Waals surface area contributed by atoms with E-state index >= 15 is 0 Å². The number of benzene rings is 1. The van der Waals surface area contributed by atoms with Gasteiger partial charge in [0.05, 0.1) is 12.7 Å². The zero-order chi connectivity index (χ0) is 22.0. The van der Waals surface area contributed by atoms with E-state index in [-0.39, 0.29) is 35.3 Å². The zero-order valence-corrected chi connectivity index (χ0v) is 18.5. The number of aliphatic hydroxyl groups excluding tert-OH is 6. The Hall–Kier alpha value is -0.870. The quantitative estimate of drug-likeness (QED) is 0.182. The van der Waals surface area contributed by atoms with Crippen molar-refractivity contribution in [2.45, 2.75) is 61.4 Å². The molecule has 0 aromatic heterocycles. The fourth-order valence-electron chi connectivity index (χ4n) is 3.15. The van der Waals surface area contributed by atoms with Gasteiger partial charge < -0.3 is 54.7 Å².